The number of carboxylic acid groups (broad SMARTS) is 1. The quantitative estimate of drug-likeness (QED) is 0.237. The van der Waals surface area contributed by atoms with Crippen molar-refractivity contribution in [3.63, 3.8) is 0 Å². The lowest BCUT2D eigenvalue weighted by molar-refractivity contribution is -0.0955. The average Bonchev–Trinajstić information content (AvgIpc) is 2.93. The molecule has 5 rings (SSSR count). The van der Waals surface area contributed by atoms with Gasteiger partial charge in [0.2, 0.25) is 5.43 Å². The van der Waals surface area contributed by atoms with Crippen LogP contribution in [-0.2, 0) is 6.54 Å². The second kappa shape index (κ2) is 12.0. The molecule has 1 N–H and O–H groups in total. The first-order chi connectivity index (χ1) is 20.3. The van der Waals surface area contributed by atoms with E-state index >= 15 is 4.39 Å². The highest BCUT2D eigenvalue weighted by atomic mass is 35.5. The number of nitrogens with zero attached hydrogens (tertiary/aromatic N) is 4. The Labute approximate surface area is 255 Å². The molecule has 0 unspecified atom stereocenters. The van der Waals surface area contributed by atoms with Crippen LogP contribution in [0.5, 0.6) is 5.75 Å². The minimum atomic E-state index is -4.28. The minimum absolute atomic E-state index is 0.214. The van der Waals surface area contributed by atoms with Crippen LogP contribution in [0.1, 0.15) is 15.9 Å². The van der Waals surface area contributed by atoms with E-state index in [2.05, 4.69) is 0 Å². The average molecular weight is 635 g/mol. The van der Waals surface area contributed by atoms with E-state index < -0.39 is 39.5 Å². The molecular formula is C30H27Cl2F3N4O4. The monoisotopic (exact) mass is 634 g/mol. The van der Waals surface area contributed by atoms with Gasteiger partial charge in [-0.25, -0.2) is 9.18 Å². The van der Waals surface area contributed by atoms with Crippen LogP contribution in [0.3, 0.4) is 0 Å². The number of anilines is 2. The maximum absolute atomic E-state index is 15.9. The molecule has 0 aliphatic carbocycles. The van der Waals surface area contributed by atoms with Gasteiger partial charge in [0.25, 0.3) is 0 Å². The number of benzene rings is 3. The van der Waals surface area contributed by atoms with Crippen molar-refractivity contribution in [1.29, 1.82) is 0 Å². The number of hydrogen-bond donors (Lipinski definition) is 1. The molecule has 4 aromatic rings. The second-order valence-electron chi connectivity index (χ2n) is 10.4. The highest BCUT2D eigenvalue weighted by Gasteiger charge is 2.35. The molecular weight excluding hydrogens is 608 g/mol. The lowest BCUT2D eigenvalue weighted by Crippen LogP contribution is -2.47. The normalized spacial score (nSPS) is 14.0. The smallest absolute Gasteiger partial charge is 0.477 e. The standard InChI is InChI=1S/C30H27Cl2F3N4O4/c1-36(2)16-18-3-7-21(8-4-18)39-17-23(29(41)42)27(40)22-15-24(33)26(28(25(22)39)43-30(32,34)35)38-13-11-37(12-14-38)20-9-5-19(31)6-10-20/h3-10,15,17H,11-14,16H2,1-2H3,(H,41,42). The van der Waals surface area contributed by atoms with Crippen molar-refractivity contribution in [2.75, 3.05) is 50.1 Å². The van der Waals surface area contributed by atoms with Gasteiger partial charge in [-0.1, -0.05) is 23.7 Å². The van der Waals surface area contributed by atoms with E-state index in [9.17, 15) is 23.5 Å². The summed E-state index contributed by atoms with van der Waals surface area (Å²) in [5.41, 5.74) is -4.41. The molecule has 226 valence electrons. The molecule has 0 radical (unpaired) electrons. The summed E-state index contributed by atoms with van der Waals surface area (Å²) in [4.78, 5) is 30.8. The van der Waals surface area contributed by atoms with E-state index in [1.807, 2.05) is 36.0 Å². The Balaban J connectivity index is 1.68. The van der Waals surface area contributed by atoms with Crippen LogP contribution in [0.25, 0.3) is 16.6 Å². The maximum atomic E-state index is 15.9. The van der Waals surface area contributed by atoms with E-state index in [0.717, 1.165) is 23.5 Å². The number of carboxylic acids is 1. The number of rotatable bonds is 8. The molecule has 0 bridgehead atoms. The molecule has 8 nitrogen and oxygen atoms in total. The van der Waals surface area contributed by atoms with Crippen molar-refractivity contribution < 1.29 is 27.8 Å². The Kier molecular flexibility index (Phi) is 8.51. The summed E-state index contributed by atoms with van der Waals surface area (Å²) in [6, 6.07) is 14.9. The fourth-order valence-corrected chi connectivity index (χ4v) is 5.45. The van der Waals surface area contributed by atoms with E-state index in [-0.39, 0.29) is 24.3 Å². The third kappa shape index (κ3) is 6.53. The van der Waals surface area contributed by atoms with Gasteiger partial charge in [0.15, 0.2) is 11.6 Å². The number of piperazine rings is 1. The van der Waals surface area contributed by atoms with Gasteiger partial charge < -0.3 is 29.1 Å². The van der Waals surface area contributed by atoms with Crippen molar-refractivity contribution in [2.45, 2.75) is 12.1 Å². The van der Waals surface area contributed by atoms with Gasteiger partial charge in [0.1, 0.15) is 16.8 Å². The lowest BCUT2D eigenvalue weighted by atomic mass is 10.1. The number of pyridine rings is 1. The van der Waals surface area contributed by atoms with E-state index in [1.54, 1.807) is 41.3 Å². The number of aromatic nitrogens is 1. The van der Waals surface area contributed by atoms with Gasteiger partial charge in [0, 0.05) is 66.9 Å². The molecule has 1 saturated heterocycles. The minimum Gasteiger partial charge on any atom is -0.477 e. The molecule has 0 atom stereocenters. The summed E-state index contributed by atoms with van der Waals surface area (Å²) >= 11 is 11.2. The molecule has 13 heteroatoms. The first kappa shape index (κ1) is 30.5. The van der Waals surface area contributed by atoms with Crippen molar-refractivity contribution in [2.24, 2.45) is 0 Å². The summed E-state index contributed by atoms with van der Waals surface area (Å²) in [5.74, 6) is -3.27. The molecule has 1 aliphatic rings. The number of alkyl halides is 3. The highest BCUT2D eigenvalue weighted by molar-refractivity contribution is 6.30. The molecule has 0 spiro atoms. The predicted molar refractivity (Wildman–Crippen MR) is 161 cm³/mol. The molecule has 0 saturated carbocycles. The molecule has 3 aromatic carbocycles. The third-order valence-electron chi connectivity index (χ3n) is 7.12. The molecule has 1 fully saturated rings. The Morgan fingerprint density at radius 1 is 1.00 bits per heavy atom. The molecule has 1 aromatic heterocycles. The number of halogens is 5. The number of hydrogen-bond acceptors (Lipinski definition) is 6. The predicted octanol–water partition coefficient (Wildman–Crippen LogP) is 6.04. The van der Waals surface area contributed by atoms with Crippen molar-refractivity contribution in [3.05, 3.63) is 93.0 Å². The van der Waals surface area contributed by atoms with Crippen LogP contribution in [-0.4, -0.2) is 66.4 Å². The molecule has 43 heavy (non-hydrogen) atoms. The fourth-order valence-electron chi connectivity index (χ4n) is 5.25. The number of aromatic carboxylic acids is 1. The summed E-state index contributed by atoms with van der Waals surface area (Å²) < 4.78 is 50.7. The van der Waals surface area contributed by atoms with Gasteiger partial charge in [-0.15, -0.1) is 8.78 Å². The number of carbonyl (C=O) groups is 1. The Morgan fingerprint density at radius 3 is 2.14 bits per heavy atom. The summed E-state index contributed by atoms with van der Waals surface area (Å²) in [7, 11) is 3.78. The van der Waals surface area contributed by atoms with Crippen molar-refractivity contribution >= 4 is 51.4 Å². The molecule has 1 aliphatic heterocycles. The second-order valence-corrected chi connectivity index (χ2v) is 11.3. The first-order valence-electron chi connectivity index (χ1n) is 13.2. The Bertz CT molecular complexity index is 1720. The summed E-state index contributed by atoms with van der Waals surface area (Å²) in [5, 5.41) is 9.88. The highest BCUT2D eigenvalue weighted by Crippen LogP contribution is 2.43. The topological polar surface area (TPSA) is 78.2 Å². The Hall–Kier alpha value is -3.93. The van der Waals surface area contributed by atoms with Crippen molar-refractivity contribution in [1.82, 2.24) is 9.47 Å². The zero-order valence-corrected chi connectivity index (χ0v) is 24.7. The van der Waals surface area contributed by atoms with Gasteiger partial charge in [0.05, 0.1) is 5.39 Å². The van der Waals surface area contributed by atoms with Gasteiger partial charge in [-0.05, 0) is 62.1 Å². The van der Waals surface area contributed by atoms with Gasteiger partial charge in [-0.3, -0.25) is 4.79 Å². The van der Waals surface area contributed by atoms with Crippen LogP contribution in [0.15, 0.2) is 65.6 Å². The fraction of sp³-hybridized carbons (Fsp3) is 0.267. The van der Waals surface area contributed by atoms with Crippen LogP contribution >= 0.6 is 23.2 Å². The van der Waals surface area contributed by atoms with E-state index in [4.69, 9.17) is 27.9 Å². The third-order valence-corrected chi connectivity index (χ3v) is 7.45. The molecule has 0 amide bonds. The zero-order valence-electron chi connectivity index (χ0n) is 23.2. The molecule has 2 heterocycles. The zero-order chi connectivity index (χ0) is 31.1. The van der Waals surface area contributed by atoms with E-state index in [1.165, 1.54) is 4.57 Å². The van der Waals surface area contributed by atoms with Crippen LogP contribution in [0.2, 0.25) is 5.02 Å². The largest absolute Gasteiger partial charge is 0.487 e. The number of fused-ring (bicyclic) bond motifs is 1. The number of ether oxygens (including phenoxy) is 1. The van der Waals surface area contributed by atoms with Crippen molar-refractivity contribution in [3.8, 4) is 11.4 Å². The van der Waals surface area contributed by atoms with Crippen LogP contribution < -0.4 is 20.0 Å². The summed E-state index contributed by atoms with van der Waals surface area (Å²) in [6.07, 6.45) is 1.02. The van der Waals surface area contributed by atoms with Gasteiger partial charge >= 0.3 is 11.5 Å². The summed E-state index contributed by atoms with van der Waals surface area (Å²) in [6.45, 7) is 1.86. The first-order valence-corrected chi connectivity index (χ1v) is 14.0. The SMILES string of the molecule is CN(C)Cc1ccc(-n2cc(C(=O)O)c(=O)c3cc(F)c(N4CCN(c5ccc(Cl)cc5)CC4)c(OC(F)(F)Cl)c32)cc1. The van der Waals surface area contributed by atoms with Crippen LogP contribution in [0.4, 0.5) is 24.5 Å². The maximum Gasteiger partial charge on any atom is 0.487 e. The lowest BCUT2D eigenvalue weighted by Gasteiger charge is -2.38. The Morgan fingerprint density at radius 2 is 1.58 bits per heavy atom. The van der Waals surface area contributed by atoms with Gasteiger partial charge in [-0.2, -0.15) is 0 Å². The van der Waals surface area contributed by atoms with Crippen LogP contribution in [0, 0.1) is 5.82 Å². The van der Waals surface area contributed by atoms with E-state index in [0.29, 0.717) is 30.3 Å².